The quantitative estimate of drug-likeness (QED) is 0.360. The number of carbonyl (C=O) groups is 1. The molecule has 0 aromatic rings. The van der Waals surface area contributed by atoms with E-state index in [1.54, 1.807) is 0 Å². The van der Waals surface area contributed by atoms with Crippen LogP contribution in [-0.2, 0) is 13.6 Å². The highest BCUT2D eigenvalue weighted by molar-refractivity contribution is 6.70. The molecule has 0 saturated heterocycles. The van der Waals surface area contributed by atoms with Gasteiger partial charge in [-0.1, -0.05) is 25.5 Å². The van der Waals surface area contributed by atoms with Crippen molar-refractivity contribution >= 4 is 22.4 Å². The summed E-state index contributed by atoms with van der Waals surface area (Å²) in [4.78, 5) is 12.3. The summed E-state index contributed by atoms with van der Waals surface area (Å²) >= 11 is 0. The monoisotopic (exact) mass is 448 g/mol. The van der Waals surface area contributed by atoms with Crippen LogP contribution >= 0.6 is 0 Å². The molecule has 5 heteroatoms. The zero-order valence-corrected chi connectivity index (χ0v) is 22.6. The molecule has 0 aliphatic heterocycles. The third-order valence-electron chi connectivity index (χ3n) is 8.84. The number of Topliss-reactive ketones (excluding diaryl/α,β-unsaturated/α-hetero) is 1. The largest absolute Gasteiger partial charge is 0.414 e. The normalized spacial score (nSPS) is 44.2. The van der Waals surface area contributed by atoms with E-state index in [9.17, 15) is 4.79 Å². The fourth-order valence-corrected chi connectivity index (χ4v) is 9.82. The maximum absolute atomic E-state index is 12.3. The van der Waals surface area contributed by atoms with Gasteiger partial charge >= 0.3 is 0 Å². The first kappa shape index (κ1) is 22.9. The number of allylic oxidation sites excluding steroid dienone is 1. The molecule has 0 bridgehead atoms. The number of hydrogen-bond acceptors (Lipinski definition) is 3. The molecule has 0 aromatic carbocycles. The Balaban J connectivity index is 1.72. The van der Waals surface area contributed by atoms with Crippen molar-refractivity contribution in [2.45, 2.75) is 110 Å². The summed E-state index contributed by atoms with van der Waals surface area (Å²) in [5.74, 6) is 2.32. The molecular weight excluding hydrogens is 404 g/mol. The zero-order chi connectivity index (χ0) is 22.1. The fraction of sp³-hybridized carbons (Fsp3) is 0.880. The molecule has 3 fully saturated rings. The lowest BCUT2D eigenvalue weighted by Gasteiger charge is -2.59. The maximum atomic E-state index is 12.3. The lowest BCUT2D eigenvalue weighted by molar-refractivity contribution is -0.125. The molecule has 3 nitrogen and oxygen atoms in total. The van der Waals surface area contributed by atoms with Gasteiger partial charge in [0.05, 0.1) is 12.2 Å². The highest BCUT2D eigenvalue weighted by Crippen LogP contribution is 2.65. The maximum Gasteiger partial charge on any atom is 0.184 e. The van der Waals surface area contributed by atoms with Crippen molar-refractivity contribution in [1.82, 2.24) is 0 Å². The van der Waals surface area contributed by atoms with Crippen LogP contribution in [0.3, 0.4) is 0 Å². The van der Waals surface area contributed by atoms with Crippen LogP contribution < -0.4 is 0 Å². The van der Waals surface area contributed by atoms with Gasteiger partial charge in [0.25, 0.3) is 0 Å². The van der Waals surface area contributed by atoms with E-state index in [-0.39, 0.29) is 16.9 Å². The summed E-state index contributed by atoms with van der Waals surface area (Å²) in [5, 5.41) is 0. The number of carbonyl (C=O) groups excluding carboxylic acids is 1. The van der Waals surface area contributed by atoms with Crippen LogP contribution in [0.4, 0.5) is 0 Å². The Bertz CT molecular complexity index is 734. The Kier molecular flexibility index (Phi) is 5.65. The van der Waals surface area contributed by atoms with E-state index in [0.717, 1.165) is 12.8 Å². The van der Waals surface area contributed by atoms with E-state index in [1.165, 1.54) is 31.3 Å². The van der Waals surface area contributed by atoms with Gasteiger partial charge in [0.1, 0.15) is 5.78 Å². The first-order chi connectivity index (χ1) is 13.7. The summed E-state index contributed by atoms with van der Waals surface area (Å²) in [5.41, 5.74) is 1.87. The Morgan fingerprint density at radius 3 is 2.20 bits per heavy atom. The van der Waals surface area contributed by atoms with E-state index in [0.29, 0.717) is 36.1 Å². The van der Waals surface area contributed by atoms with E-state index in [2.05, 4.69) is 59.2 Å². The molecule has 4 aliphatic rings. The second kappa shape index (κ2) is 7.39. The lowest BCUT2D eigenvalue weighted by atomic mass is 9.47. The predicted molar refractivity (Wildman–Crippen MR) is 129 cm³/mol. The Morgan fingerprint density at radius 1 is 0.900 bits per heavy atom. The minimum Gasteiger partial charge on any atom is -0.414 e. The van der Waals surface area contributed by atoms with Crippen molar-refractivity contribution in [2.75, 3.05) is 0 Å². The molecule has 0 aromatic heterocycles. The van der Waals surface area contributed by atoms with Crippen LogP contribution in [0.5, 0.6) is 0 Å². The fourth-order valence-electron chi connectivity index (χ4n) is 7.53. The molecular formula is C25H44O3Si2. The third-order valence-corrected chi connectivity index (χ3v) is 10.8. The van der Waals surface area contributed by atoms with Gasteiger partial charge in [-0.25, -0.2) is 0 Å². The molecule has 0 unspecified atom stereocenters. The third kappa shape index (κ3) is 3.97. The van der Waals surface area contributed by atoms with Gasteiger partial charge in [0.2, 0.25) is 0 Å². The van der Waals surface area contributed by atoms with Crippen molar-refractivity contribution < 1.29 is 13.6 Å². The molecule has 170 valence electrons. The number of hydrogen-bond donors (Lipinski definition) is 0. The van der Waals surface area contributed by atoms with Crippen molar-refractivity contribution in [3.05, 3.63) is 11.6 Å². The summed E-state index contributed by atoms with van der Waals surface area (Å²) in [6.07, 6.45) is 10.5. The standard InChI is InChI=1S/C25H44O3Si2/c1-24-13-11-18(26)15-17(24)16-21(27-29(3,4)5)23-19-9-10-22(28-30(6,7)8)25(19,2)14-12-20(23)24/h16,19-23H,9-15H2,1-8H3/t19-,20-,21-,22-,23-,24-,25-/m0/s1. The van der Waals surface area contributed by atoms with Gasteiger partial charge in [-0.05, 0) is 100.0 Å². The SMILES string of the molecule is C[C@]12CC[C@H]3[C@@H]([C@@H](O[Si](C)(C)C)C=C4CC(=O)CC[C@@]43C)[C@@H]1CC[C@@H]2O[Si](C)(C)C. The molecule has 7 atom stereocenters. The van der Waals surface area contributed by atoms with Gasteiger partial charge in [-0.3, -0.25) is 4.79 Å². The summed E-state index contributed by atoms with van der Waals surface area (Å²) in [6.45, 7) is 19.0. The van der Waals surface area contributed by atoms with Gasteiger partial charge in [0.15, 0.2) is 16.6 Å². The minimum atomic E-state index is -1.70. The molecule has 3 saturated carbocycles. The first-order valence-corrected chi connectivity index (χ1v) is 19.1. The Morgan fingerprint density at radius 2 is 1.57 bits per heavy atom. The zero-order valence-electron chi connectivity index (χ0n) is 20.6. The molecule has 4 rings (SSSR count). The van der Waals surface area contributed by atoms with Gasteiger partial charge in [-0.2, -0.15) is 0 Å². The molecule has 0 radical (unpaired) electrons. The van der Waals surface area contributed by atoms with Gasteiger partial charge in [0, 0.05) is 12.8 Å². The van der Waals surface area contributed by atoms with E-state index >= 15 is 0 Å². The van der Waals surface area contributed by atoms with Crippen molar-refractivity contribution in [3.8, 4) is 0 Å². The van der Waals surface area contributed by atoms with Crippen LogP contribution in [0, 0.1) is 28.6 Å². The van der Waals surface area contributed by atoms with Crippen LogP contribution in [-0.4, -0.2) is 34.6 Å². The molecule has 0 heterocycles. The minimum absolute atomic E-state index is 0.186. The second-order valence-corrected chi connectivity index (χ2v) is 22.1. The van der Waals surface area contributed by atoms with Crippen LogP contribution in [0.1, 0.15) is 58.8 Å². The smallest absolute Gasteiger partial charge is 0.184 e. The highest BCUT2D eigenvalue weighted by atomic mass is 28.4. The number of ketones is 1. The Labute approximate surface area is 186 Å². The van der Waals surface area contributed by atoms with E-state index < -0.39 is 16.6 Å². The molecule has 0 amide bonds. The van der Waals surface area contributed by atoms with Crippen molar-refractivity contribution in [2.24, 2.45) is 28.6 Å². The van der Waals surface area contributed by atoms with Gasteiger partial charge in [-0.15, -0.1) is 0 Å². The van der Waals surface area contributed by atoms with Crippen molar-refractivity contribution in [1.29, 1.82) is 0 Å². The average Bonchev–Trinajstić information content (AvgIpc) is 2.90. The summed E-state index contributed by atoms with van der Waals surface area (Å²) in [7, 11) is -3.26. The number of fused-ring (bicyclic) bond motifs is 5. The Hall–Kier alpha value is -0.236. The lowest BCUT2D eigenvalue weighted by Crippen LogP contribution is -2.57. The first-order valence-electron chi connectivity index (χ1n) is 12.3. The van der Waals surface area contributed by atoms with E-state index in [1.807, 2.05) is 0 Å². The van der Waals surface area contributed by atoms with Crippen molar-refractivity contribution in [3.63, 3.8) is 0 Å². The molecule has 0 spiro atoms. The summed E-state index contributed by atoms with van der Waals surface area (Å²) in [6, 6.07) is 0. The summed E-state index contributed by atoms with van der Waals surface area (Å²) < 4.78 is 13.7. The average molecular weight is 449 g/mol. The van der Waals surface area contributed by atoms with Gasteiger partial charge < -0.3 is 8.85 Å². The molecule has 4 aliphatic carbocycles. The van der Waals surface area contributed by atoms with Crippen LogP contribution in [0.25, 0.3) is 0 Å². The second-order valence-electron chi connectivity index (χ2n) is 13.2. The number of rotatable bonds is 4. The van der Waals surface area contributed by atoms with E-state index in [4.69, 9.17) is 8.85 Å². The topological polar surface area (TPSA) is 35.5 Å². The highest BCUT2D eigenvalue weighted by Gasteiger charge is 2.61. The van der Waals surface area contributed by atoms with Crippen LogP contribution in [0.2, 0.25) is 39.3 Å². The van der Waals surface area contributed by atoms with Crippen LogP contribution in [0.15, 0.2) is 11.6 Å². The molecule has 30 heavy (non-hydrogen) atoms. The predicted octanol–water partition coefficient (Wildman–Crippen LogP) is 6.57. The molecule has 0 N–H and O–H groups in total.